The van der Waals surface area contributed by atoms with Crippen molar-refractivity contribution in [2.45, 2.75) is 58.0 Å². The van der Waals surface area contributed by atoms with Crippen molar-refractivity contribution in [3.8, 4) is 0 Å². The van der Waals surface area contributed by atoms with Crippen LogP contribution in [0.5, 0.6) is 0 Å². The lowest BCUT2D eigenvalue weighted by Gasteiger charge is -2.41. The molecule has 0 amide bonds. The maximum absolute atomic E-state index is 9.75. The number of rotatable bonds is 3. The van der Waals surface area contributed by atoms with Crippen LogP contribution in [-0.4, -0.2) is 35.2 Å². The summed E-state index contributed by atoms with van der Waals surface area (Å²) in [5.41, 5.74) is -0.497. The van der Waals surface area contributed by atoms with Crippen molar-refractivity contribution in [2.75, 3.05) is 19.6 Å². The maximum Gasteiger partial charge on any atom is 0.0603 e. The van der Waals surface area contributed by atoms with Gasteiger partial charge in [-0.2, -0.15) is 0 Å². The third kappa shape index (κ3) is 3.46. The Morgan fingerprint density at radius 3 is 2.50 bits per heavy atom. The first-order valence-corrected chi connectivity index (χ1v) is 6.99. The molecule has 0 bridgehead atoms. The van der Waals surface area contributed by atoms with Gasteiger partial charge in [-0.15, -0.1) is 0 Å². The van der Waals surface area contributed by atoms with Crippen LogP contribution in [0.25, 0.3) is 0 Å². The van der Waals surface area contributed by atoms with Gasteiger partial charge in [-0.1, -0.05) is 19.3 Å². The van der Waals surface area contributed by atoms with Gasteiger partial charge in [0, 0.05) is 13.1 Å². The summed E-state index contributed by atoms with van der Waals surface area (Å²) in [5.74, 6) is 1.98. The van der Waals surface area contributed by atoms with E-state index >= 15 is 0 Å². The Morgan fingerprint density at radius 2 is 1.81 bits per heavy atom. The lowest BCUT2D eigenvalue weighted by atomic mass is 9.75. The fourth-order valence-electron chi connectivity index (χ4n) is 3.31. The predicted molar refractivity (Wildman–Crippen MR) is 67.4 cm³/mol. The first kappa shape index (κ1) is 12.4. The molecule has 1 aliphatic heterocycles. The molecular weight excluding hydrogens is 198 g/mol. The van der Waals surface area contributed by atoms with Crippen LogP contribution in [0, 0.1) is 11.8 Å². The molecule has 0 aromatic rings. The standard InChI is InChI=1S/C14H27NO/c1-14(2,16)8-10-15-9-7-12-5-3-4-6-13(12)11-15/h12-13,16H,3-11H2,1-2H3. The number of hydrogen-bond donors (Lipinski definition) is 1. The van der Waals surface area contributed by atoms with E-state index in [1.54, 1.807) is 0 Å². The Hall–Kier alpha value is -0.0800. The Kier molecular flexibility index (Phi) is 3.91. The van der Waals surface area contributed by atoms with E-state index in [1.165, 1.54) is 45.2 Å². The van der Waals surface area contributed by atoms with E-state index in [9.17, 15) is 5.11 Å². The predicted octanol–water partition coefficient (Wildman–Crippen LogP) is 2.66. The van der Waals surface area contributed by atoms with Crippen LogP contribution in [0.2, 0.25) is 0 Å². The molecule has 2 aliphatic rings. The molecule has 1 heterocycles. The molecule has 1 N–H and O–H groups in total. The van der Waals surface area contributed by atoms with E-state index in [0.717, 1.165) is 24.8 Å². The van der Waals surface area contributed by atoms with Gasteiger partial charge >= 0.3 is 0 Å². The van der Waals surface area contributed by atoms with Gasteiger partial charge < -0.3 is 10.0 Å². The zero-order valence-electron chi connectivity index (χ0n) is 10.9. The number of aliphatic hydroxyl groups is 1. The molecule has 0 aromatic carbocycles. The smallest absolute Gasteiger partial charge is 0.0603 e. The average molecular weight is 225 g/mol. The number of piperidine rings is 1. The van der Waals surface area contributed by atoms with Gasteiger partial charge in [0.2, 0.25) is 0 Å². The van der Waals surface area contributed by atoms with Crippen molar-refractivity contribution in [2.24, 2.45) is 11.8 Å². The zero-order valence-corrected chi connectivity index (χ0v) is 10.9. The summed E-state index contributed by atoms with van der Waals surface area (Å²) in [4.78, 5) is 2.57. The molecule has 2 heteroatoms. The highest BCUT2D eigenvalue weighted by Crippen LogP contribution is 2.36. The first-order chi connectivity index (χ1) is 7.54. The third-order valence-corrected chi connectivity index (χ3v) is 4.42. The number of nitrogens with zero attached hydrogens (tertiary/aromatic N) is 1. The second-order valence-corrected chi connectivity index (χ2v) is 6.46. The zero-order chi connectivity index (χ0) is 11.6. The fourth-order valence-corrected chi connectivity index (χ4v) is 3.31. The van der Waals surface area contributed by atoms with Crippen molar-refractivity contribution >= 4 is 0 Å². The molecule has 1 saturated carbocycles. The summed E-state index contributed by atoms with van der Waals surface area (Å²) in [6, 6.07) is 0. The molecule has 2 nitrogen and oxygen atoms in total. The number of hydrogen-bond acceptors (Lipinski definition) is 2. The van der Waals surface area contributed by atoms with Crippen LogP contribution in [-0.2, 0) is 0 Å². The Morgan fingerprint density at radius 1 is 1.12 bits per heavy atom. The van der Waals surface area contributed by atoms with Crippen LogP contribution in [0.4, 0.5) is 0 Å². The van der Waals surface area contributed by atoms with E-state index < -0.39 is 5.60 Å². The number of likely N-dealkylation sites (tertiary alicyclic amines) is 1. The molecule has 2 unspecified atom stereocenters. The Labute approximate surface area is 100 Å². The van der Waals surface area contributed by atoms with Crippen molar-refractivity contribution in [1.82, 2.24) is 4.90 Å². The van der Waals surface area contributed by atoms with Gasteiger partial charge in [-0.3, -0.25) is 0 Å². The van der Waals surface area contributed by atoms with E-state index in [-0.39, 0.29) is 0 Å². The van der Waals surface area contributed by atoms with E-state index in [0.29, 0.717) is 0 Å². The summed E-state index contributed by atoms with van der Waals surface area (Å²) in [6.07, 6.45) is 8.14. The van der Waals surface area contributed by atoms with Gasteiger partial charge in [0.1, 0.15) is 0 Å². The van der Waals surface area contributed by atoms with Crippen LogP contribution < -0.4 is 0 Å². The normalized spacial score (nSPS) is 32.4. The van der Waals surface area contributed by atoms with Gasteiger partial charge in [0.25, 0.3) is 0 Å². The minimum Gasteiger partial charge on any atom is -0.390 e. The summed E-state index contributed by atoms with van der Waals surface area (Å²) in [7, 11) is 0. The average Bonchev–Trinajstić information content (AvgIpc) is 2.25. The first-order valence-electron chi connectivity index (χ1n) is 6.99. The highest BCUT2D eigenvalue weighted by Gasteiger charge is 2.31. The minimum atomic E-state index is -0.497. The van der Waals surface area contributed by atoms with Crippen molar-refractivity contribution in [3.63, 3.8) is 0 Å². The molecule has 0 aromatic heterocycles. The summed E-state index contributed by atoms with van der Waals surface area (Å²) >= 11 is 0. The molecule has 2 atom stereocenters. The second-order valence-electron chi connectivity index (χ2n) is 6.46. The highest BCUT2D eigenvalue weighted by atomic mass is 16.3. The van der Waals surface area contributed by atoms with E-state index in [2.05, 4.69) is 4.90 Å². The van der Waals surface area contributed by atoms with Gasteiger partial charge in [0.05, 0.1) is 5.60 Å². The molecular formula is C14H27NO. The lowest BCUT2D eigenvalue weighted by molar-refractivity contribution is 0.0361. The van der Waals surface area contributed by atoms with Crippen molar-refractivity contribution in [3.05, 3.63) is 0 Å². The lowest BCUT2D eigenvalue weighted by Crippen LogP contribution is -2.43. The Balaban J connectivity index is 1.77. The summed E-state index contributed by atoms with van der Waals surface area (Å²) in [5, 5.41) is 9.75. The SMILES string of the molecule is CC(C)(O)CCN1CCC2CCCCC2C1. The van der Waals surface area contributed by atoms with Crippen molar-refractivity contribution in [1.29, 1.82) is 0 Å². The van der Waals surface area contributed by atoms with Crippen LogP contribution >= 0.6 is 0 Å². The summed E-state index contributed by atoms with van der Waals surface area (Å²) < 4.78 is 0. The monoisotopic (exact) mass is 225 g/mol. The molecule has 1 aliphatic carbocycles. The maximum atomic E-state index is 9.75. The minimum absolute atomic E-state index is 0.497. The molecule has 2 rings (SSSR count). The van der Waals surface area contributed by atoms with Crippen LogP contribution in [0.3, 0.4) is 0 Å². The highest BCUT2D eigenvalue weighted by molar-refractivity contribution is 4.84. The molecule has 94 valence electrons. The molecule has 2 fully saturated rings. The molecule has 0 spiro atoms. The quantitative estimate of drug-likeness (QED) is 0.798. The topological polar surface area (TPSA) is 23.5 Å². The third-order valence-electron chi connectivity index (χ3n) is 4.42. The second kappa shape index (κ2) is 5.05. The van der Waals surface area contributed by atoms with Crippen LogP contribution in [0.15, 0.2) is 0 Å². The van der Waals surface area contributed by atoms with E-state index in [4.69, 9.17) is 0 Å². The number of fused-ring (bicyclic) bond motifs is 1. The molecule has 0 radical (unpaired) electrons. The van der Waals surface area contributed by atoms with Gasteiger partial charge in [0.15, 0.2) is 0 Å². The largest absolute Gasteiger partial charge is 0.390 e. The van der Waals surface area contributed by atoms with Gasteiger partial charge in [-0.25, -0.2) is 0 Å². The van der Waals surface area contributed by atoms with Crippen molar-refractivity contribution < 1.29 is 5.11 Å². The van der Waals surface area contributed by atoms with E-state index in [1.807, 2.05) is 13.8 Å². The molecule has 1 saturated heterocycles. The van der Waals surface area contributed by atoms with Crippen LogP contribution in [0.1, 0.15) is 52.4 Å². The van der Waals surface area contributed by atoms with Gasteiger partial charge in [-0.05, 0) is 51.5 Å². The summed E-state index contributed by atoms with van der Waals surface area (Å²) in [6.45, 7) is 7.46. The fraction of sp³-hybridized carbons (Fsp3) is 1.00. The Bertz CT molecular complexity index is 221. The molecule has 16 heavy (non-hydrogen) atoms.